The summed E-state index contributed by atoms with van der Waals surface area (Å²) in [5, 5.41) is 2.75. The van der Waals surface area contributed by atoms with E-state index < -0.39 is 0 Å². The van der Waals surface area contributed by atoms with Gasteiger partial charge in [0.05, 0.1) is 0 Å². The summed E-state index contributed by atoms with van der Waals surface area (Å²) in [7, 11) is 9.75. The Balaban J connectivity index is -0.0000000886. The molecule has 0 bridgehead atoms. The lowest BCUT2D eigenvalue weighted by Crippen LogP contribution is -1.99. The molecule has 0 aromatic carbocycles. The van der Waals surface area contributed by atoms with Gasteiger partial charge in [0.1, 0.15) is 0 Å². The van der Waals surface area contributed by atoms with Gasteiger partial charge in [0.15, 0.2) is 0 Å². The first kappa shape index (κ1) is 17.1. The van der Waals surface area contributed by atoms with Gasteiger partial charge in [-0.05, 0) is 35.2 Å². The molecule has 0 saturated heterocycles. The van der Waals surface area contributed by atoms with Crippen LogP contribution in [0.4, 0.5) is 0 Å². The monoisotopic (exact) mass is 162 g/mol. The van der Waals surface area contributed by atoms with Crippen LogP contribution in [0, 0.1) is 0 Å². The van der Waals surface area contributed by atoms with Gasteiger partial charge in [0.2, 0.25) is 0 Å². The third kappa shape index (κ3) is 735. The molecule has 0 spiro atoms. The van der Waals surface area contributed by atoms with Crippen LogP contribution in [0.5, 0.6) is 0 Å². The van der Waals surface area contributed by atoms with Gasteiger partial charge in [-0.15, -0.1) is 0 Å². The minimum atomic E-state index is 1.32. The summed E-state index contributed by atoms with van der Waals surface area (Å²) >= 11 is 0. The van der Waals surface area contributed by atoms with Crippen molar-refractivity contribution in [1.82, 2.24) is 10.2 Å². The number of hydrogen-bond acceptors (Lipinski definition) is 2. The number of unbranched alkanes of at least 4 members (excludes halogenated alkanes) is 1. The third-order valence-electron chi connectivity index (χ3n) is 0.500. The van der Waals surface area contributed by atoms with Crippen LogP contribution in [0.3, 0.4) is 0 Å². The largest absolute Gasteiger partial charge is 0.323 e. The second kappa shape index (κ2) is 22.5. The Kier molecular flexibility index (Phi) is 35.1. The smallest absolute Gasteiger partial charge is 0.0140 e. The molecule has 0 unspecified atom stereocenters. The molecule has 11 heavy (non-hydrogen) atoms. The van der Waals surface area contributed by atoms with Crippen LogP contribution >= 0.6 is 0 Å². The Morgan fingerprint density at radius 3 is 1.00 bits per heavy atom. The highest BCUT2D eigenvalue weighted by atomic mass is 15.0. The first-order valence-electron chi connectivity index (χ1n) is 4.26. The number of nitrogens with zero attached hydrogens (tertiary/aromatic N) is 1. The minimum absolute atomic E-state index is 1.32. The lowest BCUT2D eigenvalue weighted by atomic mass is 10.4. The van der Waals surface area contributed by atoms with Crippen molar-refractivity contribution in [3.05, 3.63) is 0 Å². The molecule has 0 radical (unpaired) electrons. The van der Waals surface area contributed by atoms with Crippen LogP contribution in [-0.2, 0) is 0 Å². The molecule has 0 rings (SSSR count). The first-order chi connectivity index (χ1) is 5.06. The quantitative estimate of drug-likeness (QED) is 0.633. The van der Waals surface area contributed by atoms with Crippen molar-refractivity contribution in [1.29, 1.82) is 0 Å². The van der Waals surface area contributed by atoms with Crippen molar-refractivity contribution in [3.63, 3.8) is 0 Å². The molecule has 0 heterocycles. The van der Waals surface area contributed by atoms with Gasteiger partial charge in [0.25, 0.3) is 0 Å². The molecule has 0 aromatic rings. The van der Waals surface area contributed by atoms with E-state index in [2.05, 4.69) is 19.2 Å². The van der Waals surface area contributed by atoms with E-state index in [-0.39, 0.29) is 0 Å². The normalized spacial score (nSPS) is 7.64. The van der Waals surface area contributed by atoms with Gasteiger partial charge in [0, 0.05) is 0 Å². The van der Waals surface area contributed by atoms with E-state index in [1.165, 1.54) is 12.8 Å². The molecular weight excluding hydrogens is 136 g/mol. The van der Waals surface area contributed by atoms with E-state index in [0.29, 0.717) is 0 Å². The van der Waals surface area contributed by atoms with Crippen LogP contribution in [0.25, 0.3) is 0 Å². The average Bonchev–Trinajstić information content (AvgIpc) is 1.88. The van der Waals surface area contributed by atoms with Crippen LogP contribution in [0.15, 0.2) is 0 Å². The molecule has 2 heteroatoms. The van der Waals surface area contributed by atoms with Crippen LogP contribution < -0.4 is 5.32 Å². The van der Waals surface area contributed by atoms with Gasteiger partial charge in [-0.2, -0.15) is 0 Å². The van der Waals surface area contributed by atoms with Gasteiger partial charge in [-0.25, -0.2) is 0 Å². The van der Waals surface area contributed by atoms with E-state index >= 15 is 0 Å². The van der Waals surface area contributed by atoms with Crippen molar-refractivity contribution in [2.75, 3.05) is 35.2 Å². The Hall–Kier alpha value is -0.0800. The predicted molar refractivity (Wildman–Crippen MR) is 55.2 cm³/mol. The van der Waals surface area contributed by atoms with E-state index in [1.54, 1.807) is 0 Å². The summed E-state index contributed by atoms with van der Waals surface area (Å²) in [5.74, 6) is 0. The predicted octanol–water partition coefficient (Wildman–Crippen LogP) is 1.82. The molecule has 1 N–H and O–H groups in total. The summed E-state index contributed by atoms with van der Waals surface area (Å²) in [6, 6.07) is 0. The van der Waals surface area contributed by atoms with E-state index in [9.17, 15) is 0 Å². The number of nitrogens with one attached hydrogen (secondary N) is 1. The molecule has 2 nitrogen and oxygen atoms in total. The van der Waals surface area contributed by atoms with Crippen molar-refractivity contribution >= 4 is 0 Å². The maximum Gasteiger partial charge on any atom is -0.0140 e. The maximum absolute atomic E-state index is 2.75. The summed E-state index contributed by atoms with van der Waals surface area (Å²) in [6.45, 7) is 4.36. The molecule has 0 amide bonds. The average molecular weight is 162 g/mol. The summed E-state index contributed by atoms with van der Waals surface area (Å²) in [6.07, 6.45) is 2.64. The molecule has 0 aliphatic heterocycles. The molecule has 0 fully saturated rings. The molecule has 0 aliphatic rings. The topological polar surface area (TPSA) is 15.3 Å². The van der Waals surface area contributed by atoms with Gasteiger partial charge in [-0.1, -0.05) is 26.7 Å². The molecule has 0 atom stereocenters. The van der Waals surface area contributed by atoms with Crippen LogP contribution in [-0.4, -0.2) is 40.1 Å². The summed E-state index contributed by atoms with van der Waals surface area (Å²) in [4.78, 5) is 2.00. The second-order valence-corrected chi connectivity index (χ2v) is 2.84. The number of rotatable bonds is 1. The zero-order valence-corrected chi connectivity index (χ0v) is 9.36. The lowest BCUT2D eigenvalue weighted by molar-refractivity contribution is 0.505. The fraction of sp³-hybridized carbons (Fsp3) is 1.00. The summed E-state index contributed by atoms with van der Waals surface area (Å²) < 4.78 is 0. The van der Waals surface area contributed by atoms with E-state index in [0.717, 1.165) is 0 Å². The lowest BCUT2D eigenvalue weighted by Gasteiger charge is -1.90. The van der Waals surface area contributed by atoms with Gasteiger partial charge >= 0.3 is 0 Å². The van der Waals surface area contributed by atoms with Crippen LogP contribution in [0.1, 0.15) is 26.7 Å². The SMILES string of the molecule is CCCC.CN(C)C.CNC. The Morgan fingerprint density at radius 1 is 0.909 bits per heavy atom. The van der Waals surface area contributed by atoms with E-state index in [4.69, 9.17) is 0 Å². The maximum atomic E-state index is 2.75. The van der Waals surface area contributed by atoms with Crippen LogP contribution in [0.2, 0.25) is 0 Å². The molecular formula is C9H26N2. The highest BCUT2D eigenvalue weighted by Gasteiger charge is 1.58. The minimum Gasteiger partial charge on any atom is -0.323 e. The Morgan fingerprint density at radius 2 is 1.00 bits per heavy atom. The van der Waals surface area contributed by atoms with Crippen molar-refractivity contribution < 1.29 is 0 Å². The zero-order valence-electron chi connectivity index (χ0n) is 9.36. The standard InChI is InChI=1S/C4H10.C3H9N.C2H7N/c1-3-4-2;1-4(2)3;1-3-2/h3-4H2,1-2H3;1-3H3;3H,1-2H3. The fourth-order valence-electron chi connectivity index (χ4n) is 0. The van der Waals surface area contributed by atoms with Crippen molar-refractivity contribution in [3.8, 4) is 0 Å². The molecule has 72 valence electrons. The van der Waals surface area contributed by atoms with E-state index in [1.807, 2.05) is 40.1 Å². The highest BCUT2D eigenvalue weighted by Crippen LogP contribution is 1.76. The highest BCUT2D eigenvalue weighted by molar-refractivity contribution is 4.12. The molecule has 0 aromatic heterocycles. The third-order valence-corrected chi connectivity index (χ3v) is 0.500. The van der Waals surface area contributed by atoms with Crippen molar-refractivity contribution in [2.45, 2.75) is 26.7 Å². The molecule has 0 saturated carbocycles. The first-order valence-corrected chi connectivity index (χ1v) is 4.26. The van der Waals surface area contributed by atoms with Gasteiger partial charge < -0.3 is 10.2 Å². The second-order valence-electron chi connectivity index (χ2n) is 2.84. The summed E-state index contributed by atoms with van der Waals surface area (Å²) in [5.41, 5.74) is 0. The fourth-order valence-corrected chi connectivity index (χ4v) is 0. The number of hydrogen-bond donors (Lipinski definition) is 1. The van der Waals surface area contributed by atoms with Crippen molar-refractivity contribution in [2.24, 2.45) is 0 Å². The zero-order chi connectivity index (χ0) is 9.70. The van der Waals surface area contributed by atoms with Gasteiger partial charge in [-0.3, -0.25) is 0 Å². The Bertz CT molecular complexity index is 31.8. The molecule has 0 aliphatic carbocycles. The Labute approximate surface area is 73.0 Å².